The molecule has 16 heavy (non-hydrogen) atoms. The van der Waals surface area contributed by atoms with Crippen molar-refractivity contribution in [3.8, 4) is 6.07 Å². The summed E-state index contributed by atoms with van der Waals surface area (Å²) >= 11 is 0. The predicted molar refractivity (Wildman–Crippen MR) is 57.2 cm³/mol. The van der Waals surface area contributed by atoms with Gasteiger partial charge in [0.15, 0.2) is 0 Å². The second-order valence-electron chi connectivity index (χ2n) is 3.15. The molecule has 0 aliphatic carbocycles. The molecule has 6 heteroatoms. The molecular formula is C10H8N2O3S. The standard InChI is InChI=1S/C10H8N2O3S/c1-15-16(13,14)9-4-7-2-3-12-10(7)8(5-9)6-11/h2-5,12H,1H3. The lowest BCUT2D eigenvalue weighted by Crippen LogP contribution is -2.03. The Morgan fingerprint density at radius 2 is 2.19 bits per heavy atom. The number of aromatic amines is 1. The van der Waals surface area contributed by atoms with E-state index in [0.29, 0.717) is 10.9 Å². The number of hydrogen-bond acceptors (Lipinski definition) is 4. The minimum atomic E-state index is -3.77. The zero-order valence-corrected chi connectivity index (χ0v) is 9.21. The number of rotatable bonds is 2. The zero-order chi connectivity index (χ0) is 11.8. The van der Waals surface area contributed by atoms with Crippen LogP contribution in [0.2, 0.25) is 0 Å². The molecular weight excluding hydrogens is 228 g/mol. The molecule has 0 spiro atoms. The van der Waals surface area contributed by atoms with Crippen LogP contribution in [0.15, 0.2) is 29.3 Å². The van der Waals surface area contributed by atoms with E-state index in [2.05, 4.69) is 9.17 Å². The van der Waals surface area contributed by atoms with Gasteiger partial charge in [0.2, 0.25) is 0 Å². The second kappa shape index (κ2) is 3.63. The minimum absolute atomic E-state index is 0.0151. The number of nitriles is 1. The maximum Gasteiger partial charge on any atom is 0.296 e. The van der Waals surface area contributed by atoms with Crippen molar-refractivity contribution in [2.24, 2.45) is 0 Å². The Hall–Kier alpha value is -1.84. The van der Waals surface area contributed by atoms with Crippen molar-refractivity contribution in [1.29, 1.82) is 5.26 Å². The van der Waals surface area contributed by atoms with Crippen molar-refractivity contribution in [3.63, 3.8) is 0 Å². The Labute approximate surface area is 92.4 Å². The molecule has 0 saturated carbocycles. The van der Waals surface area contributed by atoms with Gasteiger partial charge in [-0.1, -0.05) is 0 Å². The van der Waals surface area contributed by atoms with E-state index >= 15 is 0 Å². The summed E-state index contributed by atoms with van der Waals surface area (Å²) in [5.41, 5.74) is 0.899. The molecule has 0 aliphatic rings. The summed E-state index contributed by atoms with van der Waals surface area (Å²) in [6.45, 7) is 0. The number of aromatic nitrogens is 1. The van der Waals surface area contributed by atoms with Crippen LogP contribution < -0.4 is 0 Å². The van der Waals surface area contributed by atoms with E-state index in [1.165, 1.54) is 12.1 Å². The molecule has 2 rings (SSSR count). The number of fused-ring (bicyclic) bond motifs is 1. The van der Waals surface area contributed by atoms with Crippen molar-refractivity contribution in [3.05, 3.63) is 30.0 Å². The monoisotopic (exact) mass is 236 g/mol. The molecule has 0 unspecified atom stereocenters. The van der Waals surface area contributed by atoms with Crippen LogP contribution >= 0.6 is 0 Å². The van der Waals surface area contributed by atoms with E-state index in [0.717, 1.165) is 7.11 Å². The molecule has 5 nitrogen and oxygen atoms in total. The predicted octanol–water partition coefficient (Wildman–Crippen LogP) is 1.37. The summed E-state index contributed by atoms with van der Waals surface area (Å²) in [6.07, 6.45) is 1.65. The molecule has 0 aliphatic heterocycles. The quantitative estimate of drug-likeness (QED) is 0.798. The van der Waals surface area contributed by atoms with Crippen molar-refractivity contribution >= 4 is 21.0 Å². The number of nitrogens with one attached hydrogen (secondary N) is 1. The van der Waals surface area contributed by atoms with Gasteiger partial charge in [-0.2, -0.15) is 13.7 Å². The van der Waals surface area contributed by atoms with Crippen molar-refractivity contribution in [2.45, 2.75) is 4.90 Å². The van der Waals surface area contributed by atoms with E-state index < -0.39 is 10.1 Å². The van der Waals surface area contributed by atoms with E-state index in [9.17, 15) is 8.42 Å². The fourth-order valence-electron chi connectivity index (χ4n) is 1.47. The average Bonchev–Trinajstić information content (AvgIpc) is 2.75. The minimum Gasteiger partial charge on any atom is -0.360 e. The first kappa shape index (κ1) is 10.7. The van der Waals surface area contributed by atoms with Crippen molar-refractivity contribution in [2.75, 3.05) is 7.11 Å². The summed E-state index contributed by atoms with van der Waals surface area (Å²) in [7, 11) is -2.68. The summed E-state index contributed by atoms with van der Waals surface area (Å²) in [5, 5.41) is 9.57. The van der Waals surface area contributed by atoms with Gasteiger partial charge in [0, 0.05) is 11.6 Å². The lowest BCUT2D eigenvalue weighted by Gasteiger charge is -2.02. The molecule has 82 valence electrons. The average molecular weight is 236 g/mol. The molecule has 0 bridgehead atoms. The first-order chi connectivity index (χ1) is 7.58. The van der Waals surface area contributed by atoms with Crippen LogP contribution in [0.3, 0.4) is 0 Å². The molecule has 2 aromatic rings. The largest absolute Gasteiger partial charge is 0.360 e. The lowest BCUT2D eigenvalue weighted by atomic mass is 10.2. The Balaban J connectivity index is 2.80. The van der Waals surface area contributed by atoms with Gasteiger partial charge in [-0.3, -0.25) is 4.18 Å². The summed E-state index contributed by atoms with van der Waals surface area (Å²) in [5.74, 6) is 0. The molecule has 1 heterocycles. The fourth-order valence-corrected chi connectivity index (χ4v) is 2.20. The van der Waals surface area contributed by atoms with Crippen LogP contribution in [0.25, 0.3) is 10.9 Å². The second-order valence-corrected chi connectivity index (χ2v) is 4.86. The van der Waals surface area contributed by atoms with Crippen LogP contribution in [-0.2, 0) is 14.3 Å². The van der Waals surface area contributed by atoms with Crippen LogP contribution in [-0.4, -0.2) is 20.5 Å². The SMILES string of the molecule is COS(=O)(=O)c1cc(C#N)c2[nH]ccc2c1. The highest BCUT2D eigenvalue weighted by molar-refractivity contribution is 7.86. The number of H-pyrrole nitrogens is 1. The van der Waals surface area contributed by atoms with E-state index in [1.54, 1.807) is 12.3 Å². The van der Waals surface area contributed by atoms with E-state index in [-0.39, 0.29) is 10.5 Å². The summed E-state index contributed by atoms with van der Waals surface area (Å²) < 4.78 is 27.4. The fraction of sp³-hybridized carbons (Fsp3) is 0.100. The molecule has 0 radical (unpaired) electrons. The van der Waals surface area contributed by atoms with Gasteiger partial charge < -0.3 is 4.98 Å². The van der Waals surface area contributed by atoms with Crippen LogP contribution in [0.4, 0.5) is 0 Å². The first-order valence-electron chi connectivity index (χ1n) is 4.40. The Morgan fingerprint density at radius 1 is 1.44 bits per heavy atom. The Bertz CT molecular complexity index is 680. The highest BCUT2D eigenvalue weighted by Gasteiger charge is 2.16. The maximum absolute atomic E-state index is 11.5. The molecule has 1 N–H and O–H groups in total. The zero-order valence-electron chi connectivity index (χ0n) is 8.39. The third-order valence-electron chi connectivity index (χ3n) is 2.26. The lowest BCUT2D eigenvalue weighted by molar-refractivity contribution is 0.398. The normalized spacial score (nSPS) is 11.5. The topological polar surface area (TPSA) is 82.9 Å². The van der Waals surface area contributed by atoms with Crippen LogP contribution in [0, 0.1) is 11.3 Å². The molecule has 1 aromatic carbocycles. The molecule has 0 amide bonds. The van der Waals surface area contributed by atoms with Gasteiger partial charge in [0.1, 0.15) is 6.07 Å². The third kappa shape index (κ3) is 1.56. The Kier molecular flexibility index (Phi) is 2.42. The van der Waals surface area contributed by atoms with Gasteiger partial charge in [-0.05, 0) is 18.2 Å². The van der Waals surface area contributed by atoms with Crippen LogP contribution in [0.5, 0.6) is 0 Å². The molecule has 1 aromatic heterocycles. The van der Waals surface area contributed by atoms with Crippen LogP contribution in [0.1, 0.15) is 5.56 Å². The summed E-state index contributed by atoms with van der Waals surface area (Å²) in [4.78, 5) is 2.86. The molecule has 0 atom stereocenters. The highest BCUT2D eigenvalue weighted by atomic mass is 32.2. The number of nitrogens with zero attached hydrogens (tertiary/aromatic N) is 1. The van der Waals surface area contributed by atoms with E-state index in [4.69, 9.17) is 5.26 Å². The molecule has 0 saturated heterocycles. The molecule has 0 fully saturated rings. The smallest absolute Gasteiger partial charge is 0.296 e. The number of hydrogen-bond donors (Lipinski definition) is 1. The third-order valence-corrected chi connectivity index (χ3v) is 3.51. The van der Waals surface area contributed by atoms with Gasteiger partial charge >= 0.3 is 0 Å². The van der Waals surface area contributed by atoms with Gasteiger partial charge in [0.05, 0.1) is 23.1 Å². The first-order valence-corrected chi connectivity index (χ1v) is 5.81. The van der Waals surface area contributed by atoms with Crippen molar-refractivity contribution < 1.29 is 12.6 Å². The van der Waals surface area contributed by atoms with Crippen molar-refractivity contribution in [1.82, 2.24) is 4.98 Å². The summed E-state index contributed by atoms with van der Waals surface area (Å²) in [6, 6.07) is 6.39. The van der Waals surface area contributed by atoms with E-state index in [1.807, 2.05) is 6.07 Å². The maximum atomic E-state index is 11.5. The van der Waals surface area contributed by atoms with Gasteiger partial charge in [-0.15, -0.1) is 0 Å². The highest BCUT2D eigenvalue weighted by Crippen LogP contribution is 2.23. The van der Waals surface area contributed by atoms with Gasteiger partial charge in [0.25, 0.3) is 10.1 Å². The van der Waals surface area contributed by atoms with Gasteiger partial charge in [-0.25, -0.2) is 0 Å². The number of benzene rings is 1. The Morgan fingerprint density at radius 3 is 2.81 bits per heavy atom.